The highest BCUT2D eigenvalue weighted by atomic mass is 32.1. The minimum absolute atomic E-state index is 0.625. The van der Waals surface area contributed by atoms with E-state index in [2.05, 4.69) is 5.32 Å². The standard InChI is InChI=1S/C11H7N3O2S/c12-3-7-9(6-1-2-17-5-6)8(4-13)11(16)14-10(7)15/h1-2,5,7-9H,(H,14,15,16). The second-order valence-electron chi connectivity index (χ2n) is 3.65. The highest BCUT2D eigenvalue weighted by Crippen LogP contribution is 2.36. The zero-order chi connectivity index (χ0) is 12.4. The molecule has 2 unspecified atom stereocenters. The van der Waals surface area contributed by atoms with E-state index >= 15 is 0 Å². The van der Waals surface area contributed by atoms with E-state index in [1.807, 2.05) is 12.1 Å². The molecule has 0 radical (unpaired) electrons. The first-order valence-corrected chi connectivity index (χ1v) is 5.79. The van der Waals surface area contributed by atoms with Gasteiger partial charge in [-0.15, -0.1) is 0 Å². The summed E-state index contributed by atoms with van der Waals surface area (Å²) in [5.41, 5.74) is 0.691. The van der Waals surface area contributed by atoms with Crippen LogP contribution in [0.15, 0.2) is 16.8 Å². The molecule has 6 heteroatoms. The van der Waals surface area contributed by atoms with Crippen molar-refractivity contribution in [2.45, 2.75) is 5.92 Å². The number of imide groups is 1. The minimum Gasteiger partial charge on any atom is -0.294 e. The second kappa shape index (κ2) is 4.36. The average Bonchev–Trinajstić information content (AvgIpc) is 2.81. The molecule has 0 aromatic carbocycles. The molecule has 5 nitrogen and oxygen atoms in total. The summed E-state index contributed by atoms with van der Waals surface area (Å²) in [7, 11) is 0. The molecule has 2 atom stereocenters. The van der Waals surface area contributed by atoms with Gasteiger partial charge in [-0.25, -0.2) is 0 Å². The van der Waals surface area contributed by atoms with Crippen molar-refractivity contribution in [1.82, 2.24) is 5.32 Å². The topological polar surface area (TPSA) is 93.8 Å². The van der Waals surface area contributed by atoms with Crippen molar-refractivity contribution in [3.63, 3.8) is 0 Å². The van der Waals surface area contributed by atoms with Crippen LogP contribution in [0, 0.1) is 34.5 Å². The SMILES string of the molecule is N#CC1C(=O)NC(=O)C(C#N)C1c1ccsc1. The van der Waals surface area contributed by atoms with Crippen LogP contribution in [0.1, 0.15) is 11.5 Å². The average molecular weight is 245 g/mol. The lowest BCUT2D eigenvalue weighted by atomic mass is 9.75. The van der Waals surface area contributed by atoms with Gasteiger partial charge in [-0.2, -0.15) is 21.9 Å². The number of nitrogens with one attached hydrogen (secondary N) is 1. The fraction of sp³-hybridized carbons (Fsp3) is 0.273. The van der Waals surface area contributed by atoms with Crippen molar-refractivity contribution in [3.05, 3.63) is 22.4 Å². The summed E-state index contributed by atoms with van der Waals surface area (Å²) < 4.78 is 0. The molecule has 0 spiro atoms. The summed E-state index contributed by atoms with van der Waals surface area (Å²) in [6.07, 6.45) is 0. The number of nitriles is 2. The lowest BCUT2D eigenvalue weighted by Gasteiger charge is -2.28. The Morgan fingerprint density at radius 1 is 1.18 bits per heavy atom. The van der Waals surface area contributed by atoms with Gasteiger partial charge in [0.15, 0.2) is 0 Å². The summed E-state index contributed by atoms with van der Waals surface area (Å²) in [6.45, 7) is 0. The van der Waals surface area contributed by atoms with Crippen molar-refractivity contribution in [2.75, 3.05) is 0 Å². The van der Waals surface area contributed by atoms with Gasteiger partial charge in [-0.05, 0) is 22.4 Å². The molecule has 1 N–H and O–H groups in total. The third-order valence-electron chi connectivity index (χ3n) is 2.74. The molecule has 1 aromatic heterocycles. The largest absolute Gasteiger partial charge is 0.294 e. The molecular formula is C11H7N3O2S. The van der Waals surface area contributed by atoms with Gasteiger partial charge in [-0.1, -0.05) is 0 Å². The molecule has 2 rings (SSSR count). The maximum Gasteiger partial charge on any atom is 0.244 e. The van der Waals surface area contributed by atoms with Crippen LogP contribution < -0.4 is 5.32 Å². The van der Waals surface area contributed by atoms with Crippen molar-refractivity contribution >= 4 is 23.2 Å². The van der Waals surface area contributed by atoms with Gasteiger partial charge < -0.3 is 0 Å². The van der Waals surface area contributed by atoms with E-state index in [9.17, 15) is 9.59 Å². The number of rotatable bonds is 1. The normalized spacial score (nSPS) is 28.0. The third-order valence-corrected chi connectivity index (χ3v) is 3.44. The maximum absolute atomic E-state index is 11.5. The Labute approximate surface area is 101 Å². The van der Waals surface area contributed by atoms with Crippen molar-refractivity contribution in [1.29, 1.82) is 10.5 Å². The molecule has 1 aliphatic heterocycles. The van der Waals surface area contributed by atoms with Gasteiger partial charge in [0.1, 0.15) is 11.8 Å². The Bertz CT molecular complexity index is 506. The summed E-state index contributed by atoms with van der Waals surface area (Å²) in [6, 6.07) is 5.46. The Morgan fingerprint density at radius 3 is 2.18 bits per heavy atom. The van der Waals surface area contributed by atoms with Crippen LogP contribution in [0.25, 0.3) is 0 Å². The molecule has 0 aliphatic carbocycles. The quantitative estimate of drug-likeness (QED) is 0.739. The maximum atomic E-state index is 11.5. The number of piperidine rings is 1. The molecule has 0 bridgehead atoms. The molecule has 84 valence electrons. The van der Waals surface area contributed by atoms with Crippen LogP contribution in [0.2, 0.25) is 0 Å². The molecule has 2 amide bonds. The first kappa shape index (κ1) is 11.3. The van der Waals surface area contributed by atoms with E-state index in [4.69, 9.17) is 10.5 Å². The van der Waals surface area contributed by atoms with E-state index < -0.39 is 29.6 Å². The number of hydrogen-bond acceptors (Lipinski definition) is 5. The zero-order valence-electron chi connectivity index (χ0n) is 8.58. The number of carbonyl (C=O) groups is 2. The molecule has 0 saturated carbocycles. The Hall–Kier alpha value is -2.18. The first-order valence-electron chi connectivity index (χ1n) is 4.85. The van der Waals surface area contributed by atoms with Gasteiger partial charge in [0.05, 0.1) is 12.1 Å². The smallest absolute Gasteiger partial charge is 0.244 e. The van der Waals surface area contributed by atoms with E-state index in [1.54, 1.807) is 16.8 Å². The Kier molecular flexibility index (Phi) is 2.90. The Morgan fingerprint density at radius 2 is 1.76 bits per heavy atom. The highest BCUT2D eigenvalue weighted by Gasteiger charge is 2.45. The van der Waals surface area contributed by atoms with E-state index in [0.29, 0.717) is 5.56 Å². The molecule has 17 heavy (non-hydrogen) atoms. The number of amides is 2. The molecule has 1 aliphatic rings. The molecular weight excluding hydrogens is 238 g/mol. The molecule has 1 fully saturated rings. The number of carbonyl (C=O) groups excluding carboxylic acids is 2. The van der Waals surface area contributed by atoms with E-state index in [0.717, 1.165) is 0 Å². The van der Waals surface area contributed by atoms with Crippen LogP contribution in [0.4, 0.5) is 0 Å². The monoisotopic (exact) mass is 245 g/mol. The van der Waals surface area contributed by atoms with Crippen LogP contribution in [-0.4, -0.2) is 11.8 Å². The van der Waals surface area contributed by atoms with Gasteiger partial charge in [0.2, 0.25) is 11.8 Å². The Balaban J connectivity index is 2.48. The second-order valence-corrected chi connectivity index (χ2v) is 4.43. The minimum atomic E-state index is -0.994. The van der Waals surface area contributed by atoms with Crippen LogP contribution >= 0.6 is 11.3 Å². The number of nitrogens with zero attached hydrogens (tertiary/aromatic N) is 2. The summed E-state index contributed by atoms with van der Waals surface area (Å²) in [5, 5.41) is 23.6. The molecule has 1 saturated heterocycles. The van der Waals surface area contributed by atoms with Gasteiger partial charge in [0.25, 0.3) is 0 Å². The highest BCUT2D eigenvalue weighted by molar-refractivity contribution is 7.08. The fourth-order valence-corrected chi connectivity index (χ4v) is 2.63. The van der Waals surface area contributed by atoms with Crippen LogP contribution in [0.3, 0.4) is 0 Å². The first-order chi connectivity index (χ1) is 8.19. The lowest BCUT2D eigenvalue weighted by molar-refractivity contribution is -0.137. The zero-order valence-corrected chi connectivity index (χ0v) is 9.40. The summed E-state index contributed by atoms with van der Waals surface area (Å²) >= 11 is 1.40. The van der Waals surface area contributed by atoms with Gasteiger partial charge in [0, 0.05) is 5.92 Å². The predicted molar refractivity (Wildman–Crippen MR) is 58.4 cm³/mol. The van der Waals surface area contributed by atoms with Gasteiger partial charge >= 0.3 is 0 Å². The number of hydrogen-bond donors (Lipinski definition) is 1. The van der Waals surface area contributed by atoms with Crippen molar-refractivity contribution in [2.24, 2.45) is 11.8 Å². The third kappa shape index (κ3) is 1.79. The molecule has 2 heterocycles. The van der Waals surface area contributed by atoms with Crippen LogP contribution in [0.5, 0.6) is 0 Å². The predicted octanol–water partition coefficient (Wildman–Crippen LogP) is 0.768. The number of thiophene rings is 1. The summed E-state index contributed by atoms with van der Waals surface area (Å²) in [5.74, 6) is -3.91. The fourth-order valence-electron chi connectivity index (χ4n) is 1.92. The van der Waals surface area contributed by atoms with Gasteiger partial charge in [-0.3, -0.25) is 14.9 Å². The molecule has 1 aromatic rings. The van der Waals surface area contributed by atoms with Crippen LogP contribution in [-0.2, 0) is 9.59 Å². The summed E-state index contributed by atoms with van der Waals surface area (Å²) in [4.78, 5) is 23.1. The van der Waals surface area contributed by atoms with Crippen molar-refractivity contribution in [3.8, 4) is 12.1 Å². The lowest BCUT2D eigenvalue weighted by Crippen LogP contribution is -2.49. The van der Waals surface area contributed by atoms with E-state index in [1.165, 1.54) is 11.3 Å². The van der Waals surface area contributed by atoms with Crippen molar-refractivity contribution < 1.29 is 9.59 Å². The van der Waals surface area contributed by atoms with E-state index in [-0.39, 0.29) is 0 Å².